The number of ether oxygens (including phenoxy) is 1. The lowest BCUT2D eigenvalue weighted by atomic mass is 10.1. The first-order valence-corrected chi connectivity index (χ1v) is 10.0. The number of amides is 1. The molecule has 0 atom stereocenters. The van der Waals surface area contributed by atoms with Crippen LogP contribution in [0.5, 0.6) is 0 Å². The van der Waals surface area contributed by atoms with Gasteiger partial charge in [0.1, 0.15) is 18.6 Å². The minimum absolute atomic E-state index is 0.184. The third kappa shape index (κ3) is 5.35. The van der Waals surface area contributed by atoms with E-state index in [2.05, 4.69) is 37.6 Å². The molecule has 1 aliphatic heterocycles. The van der Waals surface area contributed by atoms with Crippen molar-refractivity contribution in [1.29, 1.82) is 5.26 Å². The third-order valence-electron chi connectivity index (χ3n) is 4.86. The zero-order chi connectivity index (χ0) is 21.5. The van der Waals surface area contributed by atoms with Crippen LogP contribution < -0.4 is 15.5 Å². The molecule has 2 N–H and O–H groups in total. The smallest absolute Gasteiger partial charge is 0.238 e. The summed E-state index contributed by atoms with van der Waals surface area (Å²) in [4.78, 5) is 22.6. The van der Waals surface area contributed by atoms with E-state index in [0.29, 0.717) is 11.5 Å². The summed E-state index contributed by atoms with van der Waals surface area (Å²) in [6, 6.07) is 19.2. The number of carbonyl (C=O) groups is 1. The highest BCUT2D eigenvalue weighted by Gasteiger charge is 2.11. The SMILES string of the molecule is N#CCC(=O)Nc1cccc(-c2cc(Nc3ccc(N4CCOCC4)cc3)ncn2)c1. The molecule has 2 heterocycles. The Bertz CT molecular complexity index is 1090. The van der Waals surface area contributed by atoms with E-state index < -0.39 is 0 Å². The Morgan fingerprint density at radius 1 is 1.06 bits per heavy atom. The van der Waals surface area contributed by atoms with Crippen LogP contribution in [0.1, 0.15) is 6.42 Å². The number of benzene rings is 2. The largest absolute Gasteiger partial charge is 0.378 e. The highest BCUT2D eigenvalue weighted by atomic mass is 16.5. The van der Waals surface area contributed by atoms with Crippen LogP contribution in [0.15, 0.2) is 60.9 Å². The fourth-order valence-corrected chi connectivity index (χ4v) is 3.34. The quantitative estimate of drug-likeness (QED) is 0.635. The van der Waals surface area contributed by atoms with Gasteiger partial charge < -0.3 is 20.3 Å². The Morgan fingerprint density at radius 2 is 1.87 bits per heavy atom. The van der Waals surface area contributed by atoms with Gasteiger partial charge in [-0.1, -0.05) is 12.1 Å². The van der Waals surface area contributed by atoms with Crippen LogP contribution in [0.4, 0.5) is 22.9 Å². The maximum atomic E-state index is 11.7. The van der Waals surface area contributed by atoms with Crippen molar-refractivity contribution in [2.75, 3.05) is 41.8 Å². The van der Waals surface area contributed by atoms with Crippen molar-refractivity contribution >= 4 is 28.8 Å². The predicted molar refractivity (Wildman–Crippen MR) is 119 cm³/mol. The summed E-state index contributed by atoms with van der Waals surface area (Å²) in [6.07, 6.45) is 1.32. The molecule has 0 saturated carbocycles. The number of carbonyl (C=O) groups excluding carboxylic acids is 1. The minimum atomic E-state index is -0.342. The van der Waals surface area contributed by atoms with Gasteiger partial charge >= 0.3 is 0 Å². The van der Waals surface area contributed by atoms with Gasteiger partial charge in [-0.2, -0.15) is 5.26 Å². The van der Waals surface area contributed by atoms with E-state index in [0.717, 1.165) is 43.2 Å². The molecule has 0 radical (unpaired) electrons. The van der Waals surface area contributed by atoms with Crippen LogP contribution >= 0.6 is 0 Å². The van der Waals surface area contributed by atoms with Gasteiger partial charge in [-0.3, -0.25) is 4.79 Å². The van der Waals surface area contributed by atoms with Crippen molar-refractivity contribution < 1.29 is 9.53 Å². The summed E-state index contributed by atoms with van der Waals surface area (Å²) < 4.78 is 5.41. The topological polar surface area (TPSA) is 103 Å². The lowest BCUT2D eigenvalue weighted by Crippen LogP contribution is -2.36. The summed E-state index contributed by atoms with van der Waals surface area (Å²) in [7, 11) is 0. The average molecular weight is 414 g/mol. The number of anilines is 4. The molecular weight excluding hydrogens is 392 g/mol. The van der Waals surface area contributed by atoms with Crippen molar-refractivity contribution in [1.82, 2.24) is 9.97 Å². The van der Waals surface area contributed by atoms with Gasteiger partial charge in [0, 0.05) is 41.8 Å². The van der Waals surface area contributed by atoms with Crippen molar-refractivity contribution in [2.45, 2.75) is 6.42 Å². The highest BCUT2D eigenvalue weighted by Crippen LogP contribution is 2.25. The van der Waals surface area contributed by atoms with Crippen LogP contribution in [0.3, 0.4) is 0 Å². The van der Waals surface area contributed by atoms with Gasteiger partial charge in [-0.05, 0) is 36.4 Å². The number of morpholine rings is 1. The number of nitrogens with one attached hydrogen (secondary N) is 2. The van der Waals surface area contributed by atoms with Crippen LogP contribution in [-0.4, -0.2) is 42.2 Å². The molecule has 0 aliphatic carbocycles. The molecule has 0 bridgehead atoms. The molecule has 0 spiro atoms. The molecular formula is C23H22N6O2. The van der Waals surface area contributed by atoms with E-state index in [1.54, 1.807) is 6.07 Å². The molecule has 4 rings (SSSR count). The number of rotatable bonds is 6. The molecule has 1 amide bonds. The first-order valence-electron chi connectivity index (χ1n) is 10.0. The fourth-order valence-electron chi connectivity index (χ4n) is 3.34. The van der Waals surface area contributed by atoms with E-state index in [9.17, 15) is 4.79 Å². The minimum Gasteiger partial charge on any atom is -0.378 e. The summed E-state index contributed by atoms with van der Waals surface area (Å²) in [5.41, 5.74) is 4.28. The predicted octanol–water partition coefficient (Wildman–Crippen LogP) is 3.58. The number of nitriles is 1. The van der Waals surface area contributed by atoms with Crippen molar-refractivity contribution in [3.8, 4) is 17.3 Å². The Hall–Kier alpha value is -3.96. The number of aromatic nitrogens is 2. The van der Waals surface area contributed by atoms with E-state index >= 15 is 0 Å². The van der Waals surface area contributed by atoms with Crippen LogP contribution in [0.25, 0.3) is 11.3 Å². The first-order chi connectivity index (χ1) is 15.2. The molecule has 156 valence electrons. The Kier molecular flexibility index (Phi) is 6.35. The standard InChI is InChI=1S/C23H22N6O2/c24-9-8-23(30)28-19-3-1-2-17(14-19)21-15-22(26-16-25-21)27-18-4-6-20(7-5-18)29-10-12-31-13-11-29/h1-7,14-16H,8,10-13H2,(H,28,30)(H,25,26,27). The van der Waals surface area contributed by atoms with E-state index in [4.69, 9.17) is 10.00 Å². The van der Waals surface area contributed by atoms with E-state index in [-0.39, 0.29) is 12.3 Å². The van der Waals surface area contributed by atoms with E-state index in [1.807, 2.05) is 42.5 Å². The fraction of sp³-hybridized carbons (Fsp3) is 0.217. The summed E-state index contributed by atoms with van der Waals surface area (Å²) in [5, 5.41) is 14.7. The number of hydrogen-bond donors (Lipinski definition) is 2. The zero-order valence-corrected chi connectivity index (χ0v) is 16.9. The molecule has 0 unspecified atom stereocenters. The van der Waals surface area contributed by atoms with Crippen LogP contribution in [0.2, 0.25) is 0 Å². The van der Waals surface area contributed by atoms with E-state index in [1.165, 1.54) is 12.0 Å². The van der Waals surface area contributed by atoms with Gasteiger partial charge in [-0.25, -0.2) is 9.97 Å². The molecule has 2 aromatic carbocycles. The number of hydrogen-bond acceptors (Lipinski definition) is 7. The summed E-state index contributed by atoms with van der Waals surface area (Å²) >= 11 is 0. The van der Waals surface area contributed by atoms with Crippen molar-refractivity contribution in [3.63, 3.8) is 0 Å². The second-order valence-electron chi connectivity index (χ2n) is 7.02. The second-order valence-corrected chi connectivity index (χ2v) is 7.02. The Morgan fingerprint density at radius 3 is 2.65 bits per heavy atom. The van der Waals surface area contributed by atoms with Gasteiger partial charge in [-0.15, -0.1) is 0 Å². The Labute approximate surface area is 180 Å². The monoisotopic (exact) mass is 414 g/mol. The van der Waals surface area contributed by atoms with Crippen molar-refractivity contribution in [2.24, 2.45) is 0 Å². The summed E-state index contributed by atoms with van der Waals surface area (Å²) in [6.45, 7) is 3.32. The molecule has 31 heavy (non-hydrogen) atoms. The average Bonchev–Trinajstić information content (AvgIpc) is 2.81. The van der Waals surface area contributed by atoms with Gasteiger partial charge in [0.25, 0.3) is 0 Å². The van der Waals surface area contributed by atoms with Crippen LogP contribution in [-0.2, 0) is 9.53 Å². The highest BCUT2D eigenvalue weighted by molar-refractivity contribution is 5.92. The van der Waals surface area contributed by atoms with Crippen LogP contribution in [0, 0.1) is 11.3 Å². The molecule has 8 heteroatoms. The molecule has 3 aromatic rings. The first kappa shape index (κ1) is 20.3. The van der Waals surface area contributed by atoms with Gasteiger partial charge in [0.2, 0.25) is 5.91 Å². The maximum absolute atomic E-state index is 11.7. The summed E-state index contributed by atoms with van der Waals surface area (Å²) in [5.74, 6) is 0.327. The molecule has 1 aromatic heterocycles. The van der Waals surface area contributed by atoms with Gasteiger partial charge in [0.15, 0.2) is 0 Å². The second kappa shape index (κ2) is 9.69. The maximum Gasteiger partial charge on any atom is 0.238 e. The normalized spacial score (nSPS) is 13.3. The molecule has 1 saturated heterocycles. The third-order valence-corrected chi connectivity index (χ3v) is 4.86. The number of nitrogens with zero attached hydrogens (tertiary/aromatic N) is 4. The van der Waals surface area contributed by atoms with Gasteiger partial charge in [0.05, 0.1) is 25.0 Å². The molecule has 8 nitrogen and oxygen atoms in total. The lowest BCUT2D eigenvalue weighted by Gasteiger charge is -2.28. The lowest BCUT2D eigenvalue weighted by molar-refractivity contribution is -0.115. The molecule has 1 aliphatic rings. The Balaban J connectivity index is 1.46. The zero-order valence-electron chi connectivity index (χ0n) is 16.9. The van der Waals surface area contributed by atoms with Crippen molar-refractivity contribution in [3.05, 3.63) is 60.9 Å². The molecule has 1 fully saturated rings.